The van der Waals surface area contributed by atoms with Gasteiger partial charge in [-0.3, -0.25) is 4.79 Å². The molecule has 0 aromatic carbocycles. The number of methoxy groups -OCH3 is 1. The fraction of sp³-hybridized carbons (Fsp3) is 0.640. The lowest BCUT2D eigenvalue weighted by Gasteiger charge is -2.61. The summed E-state index contributed by atoms with van der Waals surface area (Å²) in [5.41, 5.74) is 2.87. The van der Waals surface area contributed by atoms with Crippen molar-refractivity contribution in [1.82, 2.24) is 0 Å². The summed E-state index contributed by atoms with van der Waals surface area (Å²) >= 11 is 0. The van der Waals surface area contributed by atoms with Gasteiger partial charge in [-0.25, -0.2) is 0 Å². The Bertz CT molecular complexity index is 910. The first kappa shape index (κ1) is 20.3. The van der Waals surface area contributed by atoms with Crippen LogP contribution in [0.3, 0.4) is 0 Å². The molecule has 0 saturated heterocycles. The summed E-state index contributed by atoms with van der Waals surface area (Å²) in [7, 11) is 1.58. The largest absolute Gasteiger partial charge is 0.498 e. The van der Waals surface area contributed by atoms with Crippen LogP contribution in [0.4, 0.5) is 0 Å². The number of hydrogen-bond acceptors (Lipinski definition) is 4. The summed E-state index contributed by atoms with van der Waals surface area (Å²) in [5, 5.41) is 0. The van der Waals surface area contributed by atoms with Crippen LogP contribution in [0.1, 0.15) is 62.8 Å². The van der Waals surface area contributed by atoms with Gasteiger partial charge in [-0.1, -0.05) is 26.0 Å². The maximum Gasteiger partial charge on any atom is 0.291 e. The number of rotatable bonds is 3. The molecule has 0 bridgehead atoms. The molecule has 1 aromatic rings. The molecule has 1 aliphatic heterocycles. The molecule has 2 saturated carbocycles. The van der Waals surface area contributed by atoms with Gasteiger partial charge in [0.05, 0.1) is 18.9 Å². The Balaban J connectivity index is 1.75. The fourth-order valence-electron chi connectivity index (χ4n) is 6.60. The van der Waals surface area contributed by atoms with E-state index in [9.17, 15) is 4.79 Å². The van der Waals surface area contributed by atoms with Gasteiger partial charge in [0.1, 0.15) is 11.9 Å². The highest BCUT2D eigenvalue weighted by Crippen LogP contribution is 2.63. The summed E-state index contributed by atoms with van der Waals surface area (Å²) in [6.45, 7) is 12.9. The van der Waals surface area contributed by atoms with Crippen LogP contribution in [0.15, 0.2) is 33.7 Å². The predicted molar refractivity (Wildman–Crippen MR) is 114 cm³/mol. The van der Waals surface area contributed by atoms with Gasteiger partial charge < -0.3 is 13.9 Å². The molecule has 2 heterocycles. The third-order valence-electron chi connectivity index (χ3n) is 8.44. The van der Waals surface area contributed by atoms with Gasteiger partial charge in [0, 0.05) is 11.0 Å². The summed E-state index contributed by atoms with van der Waals surface area (Å²) in [4.78, 5) is 13.1. The monoisotopic (exact) mass is 398 g/mol. The average Bonchev–Trinajstić information content (AvgIpc) is 2.69. The Hall–Kier alpha value is -1.97. The normalized spacial score (nSPS) is 36.2. The second-order valence-corrected chi connectivity index (χ2v) is 9.84. The Morgan fingerprint density at radius 1 is 1.24 bits per heavy atom. The van der Waals surface area contributed by atoms with Gasteiger partial charge >= 0.3 is 0 Å². The van der Waals surface area contributed by atoms with Crippen LogP contribution in [0.2, 0.25) is 0 Å². The van der Waals surface area contributed by atoms with Crippen molar-refractivity contribution in [3.63, 3.8) is 0 Å². The van der Waals surface area contributed by atoms with Gasteiger partial charge in [0.2, 0.25) is 0 Å². The molecule has 0 amide bonds. The fourth-order valence-corrected chi connectivity index (χ4v) is 6.60. The highest BCUT2D eigenvalue weighted by atomic mass is 16.6. The predicted octanol–water partition coefficient (Wildman–Crippen LogP) is 5.50. The van der Waals surface area contributed by atoms with E-state index in [-0.39, 0.29) is 22.2 Å². The Labute approximate surface area is 174 Å². The smallest absolute Gasteiger partial charge is 0.291 e. The zero-order chi connectivity index (χ0) is 21.0. The van der Waals surface area contributed by atoms with Crippen molar-refractivity contribution in [3.05, 3.63) is 51.6 Å². The van der Waals surface area contributed by atoms with Crippen LogP contribution in [0.25, 0.3) is 0 Å². The number of ether oxygens (including phenoxy) is 2. The molecule has 4 heteroatoms. The van der Waals surface area contributed by atoms with E-state index < -0.39 is 0 Å². The van der Waals surface area contributed by atoms with Gasteiger partial charge in [-0.2, -0.15) is 0 Å². The molecule has 4 nitrogen and oxygen atoms in total. The van der Waals surface area contributed by atoms with E-state index in [0.29, 0.717) is 41.3 Å². The summed E-state index contributed by atoms with van der Waals surface area (Å²) < 4.78 is 17.4. The Morgan fingerprint density at radius 3 is 2.72 bits per heavy atom. The molecule has 3 aliphatic rings. The second-order valence-electron chi connectivity index (χ2n) is 9.84. The maximum atomic E-state index is 13.1. The van der Waals surface area contributed by atoms with E-state index in [0.717, 1.165) is 32.1 Å². The summed E-state index contributed by atoms with van der Waals surface area (Å²) in [5.74, 6) is 1.77. The summed E-state index contributed by atoms with van der Waals surface area (Å²) in [6.07, 6.45) is 10.4. The van der Waals surface area contributed by atoms with Crippen molar-refractivity contribution < 1.29 is 13.9 Å². The first-order valence-corrected chi connectivity index (χ1v) is 10.9. The van der Waals surface area contributed by atoms with Crippen LogP contribution < -0.4 is 10.2 Å². The van der Waals surface area contributed by atoms with Crippen LogP contribution in [-0.4, -0.2) is 13.2 Å². The molecule has 0 N–H and O–H groups in total. The van der Waals surface area contributed by atoms with Crippen molar-refractivity contribution in [2.45, 2.75) is 72.3 Å². The van der Waals surface area contributed by atoms with Crippen LogP contribution >= 0.6 is 0 Å². The molecule has 5 atom stereocenters. The minimum absolute atomic E-state index is 0.0490. The van der Waals surface area contributed by atoms with Crippen molar-refractivity contribution in [1.29, 1.82) is 0 Å². The van der Waals surface area contributed by atoms with Crippen molar-refractivity contribution in [2.24, 2.45) is 22.7 Å². The van der Waals surface area contributed by atoms with Gasteiger partial charge in [-0.05, 0) is 75.7 Å². The van der Waals surface area contributed by atoms with Gasteiger partial charge in [-0.15, -0.1) is 0 Å². The van der Waals surface area contributed by atoms with Crippen LogP contribution in [0.5, 0.6) is 5.95 Å². The average molecular weight is 399 g/mol. The maximum absolute atomic E-state index is 13.1. The molecule has 0 spiro atoms. The molecule has 5 unspecified atom stereocenters. The zero-order valence-electron chi connectivity index (χ0n) is 18.5. The highest BCUT2D eigenvalue weighted by molar-refractivity contribution is 5.33. The van der Waals surface area contributed by atoms with Gasteiger partial charge in [0.15, 0.2) is 5.43 Å². The molecule has 2 fully saturated rings. The standard InChI is InChI=1S/C25H34O4/c1-15-8-9-20-24(4,12-10-21-25(20,5)11-7-13-28-21)19(15)14-18-22(26)16(2)17(3)29-23(18)27-6/h7,13,19-21H,1,8-12,14H2,2-6H3. The topological polar surface area (TPSA) is 48.7 Å². The number of aryl methyl sites for hydroxylation is 1. The first-order valence-electron chi connectivity index (χ1n) is 10.9. The van der Waals surface area contributed by atoms with Crippen molar-refractivity contribution >= 4 is 0 Å². The molecule has 29 heavy (non-hydrogen) atoms. The number of allylic oxidation sites excluding steroid dienone is 2. The molecule has 0 radical (unpaired) electrons. The minimum atomic E-state index is 0.0490. The molecular weight excluding hydrogens is 364 g/mol. The van der Waals surface area contributed by atoms with Crippen molar-refractivity contribution in [2.75, 3.05) is 7.11 Å². The van der Waals surface area contributed by atoms with E-state index in [4.69, 9.17) is 13.9 Å². The zero-order valence-corrected chi connectivity index (χ0v) is 18.5. The summed E-state index contributed by atoms with van der Waals surface area (Å²) in [6, 6.07) is 0. The Morgan fingerprint density at radius 2 is 2.00 bits per heavy atom. The first-order chi connectivity index (χ1) is 13.7. The molecule has 4 rings (SSSR count). The van der Waals surface area contributed by atoms with Gasteiger partial charge in [0.25, 0.3) is 5.95 Å². The van der Waals surface area contributed by atoms with E-state index in [2.05, 4.69) is 26.5 Å². The number of fused-ring (bicyclic) bond motifs is 3. The number of hydrogen-bond donors (Lipinski definition) is 0. The lowest BCUT2D eigenvalue weighted by molar-refractivity contribution is -0.142. The third-order valence-corrected chi connectivity index (χ3v) is 8.44. The molecule has 2 aliphatic carbocycles. The van der Waals surface area contributed by atoms with E-state index >= 15 is 0 Å². The molecular formula is C25H34O4. The lowest BCUT2D eigenvalue weighted by Crippen LogP contribution is -2.57. The van der Waals surface area contributed by atoms with Crippen LogP contribution in [0, 0.1) is 36.5 Å². The van der Waals surface area contributed by atoms with Crippen molar-refractivity contribution in [3.8, 4) is 5.95 Å². The Kier molecular flexibility index (Phi) is 4.95. The molecule has 158 valence electrons. The van der Waals surface area contributed by atoms with E-state index in [1.54, 1.807) is 7.11 Å². The van der Waals surface area contributed by atoms with E-state index in [1.807, 2.05) is 20.1 Å². The van der Waals surface area contributed by atoms with Crippen LogP contribution in [-0.2, 0) is 11.2 Å². The second kappa shape index (κ2) is 7.07. The third kappa shape index (κ3) is 2.98. The SMILES string of the molecule is C=C1CCC2C3(C)CC=COC3CCC2(C)C1Cc1c(OC)oc(C)c(C)c1=O. The highest BCUT2D eigenvalue weighted by Gasteiger charge is 2.58. The molecule has 1 aromatic heterocycles. The van der Waals surface area contributed by atoms with E-state index in [1.165, 1.54) is 5.57 Å². The quantitative estimate of drug-likeness (QED) is 0.631. The minimum Gasteiger partial charge on any atom is -0.498 e. The lowest BCUT2D eigenvalue weighted by atomic mass is 9.45.